The molecule has 0 atom stereocenters. The Morgan fingerprint density at radius 3 is 2.35 bits per heavy atom. The number of rotatable bonds is 3. The Hall–Kier alpha value is -1.96. The van der Waals surface area contributed by atoms with Gasteiger partial charge in [0.2, 0.25) is 0 Å². The molecule has 17 heavy (non-hydrogen) atoms. The first kappa shape index (κ1) is 11.5. The molecule has 0 aliphatic carbocycles. The summed E-state index contributed by atoms with van der Waals surface area (Å²) in [7, 11) is -4.32. The minimum Gasteiger partial charge on any atom is -0.264 e. The maximum absolute atomic E-state index is 13.3. The molecule has 1 aromatic heterocycles. The van der Waals surface area contributed by atoms with E-state index >= 15 is 0 Å². The van der Waals surface area contributed by atoms with Crippen LogP contribution >= 0.6 is 0 Å². The summed E-state index contributed by atoms with van der Waals surface area (Å²) in [6, 6.07) is 4.13. The van der Waals surface area contributed by atoms with E-state index in [1.807, 2.05) is 4.72 Å². The molecule has 0 saturated heterocycles. The molecule has 0 fully saturated rings. The number of sulfonamides is 1. The summed E-state index contributed by atoms with van der Waals surface area (Å²) in [6.07, 6.45) is 1.30. The minimum absolute atomic E-state index is 0.0210. The lowest BCUT2D eigenvalue weighted by Crippen LogP contribution is -2.16. The zero-order valence-electron chi connectivity index (χ0n) is 8.31. The van der Waals surface area contributed by atoms with Crippen LogP contribution in [0.3, 0.4) is 0 Å². The number of aromatic nitrogens is 2. The Labute approximate surface area is 95.5 Å². The second kappa shape index (κ2) is 4.13. The molecule has 0 amide bonds. The van der Waals surface area contributed by atoms with Gasteiger partial charge in [-0.3, -0.25) is 9.82 Å². The number of halogens is 2. The summed E-state index contributed by atoms with van der Waals surface area (Å²) in [4.78, 5) is -1.02. The van der Waals surface area contributed by atoms with Crippen molar-refractivity contribution < 1.29 is 17.2 Å². The number of aromatic amines is 1. The number of nitrogens with one attached hydrogen (secondary N) is 2. The minimum atomic E-state index is -4.32. The first-order valence-corrected chi connectivity index (χ1v) is 5.95. The van der Waals surface area contributed by atoms with Crippen molar-refractivity contribution in [3.8, 4) is 0 Å². The molecule has 0 bridgehead atoms. The summed E-state index contributed by atoms with van der Waals surface area (Å²) >= 11 is 0. The van der Waals surface area contributed by atoms with E-state index in [-0.39, 0.29) is 5.82 Å². The fourth-order valence-corrected chi connectivity index (χ4v) is 2.40. The van der Waals surface area contributed by atoms with Crippen LogP contribution < -0.4 is 4.72 Å². The Morgan fingerprint density at radius 1 is 1.18 bits per heavy atom. The van der Waals surface area contributed by atoms with Gasteiger partial charge in [0.25, 0.3) is 10.0 Å². The highest BCUT2D eigenvalue weighted by Crippen LogP contribution is 2.20. The first-order valence-electron chi connectivity index (χ1n) is 4.47. The van der Waals surface area contributed by atoms with E-state index in [1.54, 1.807) is 0 Å². The standard InChI is InChI=1S/C9H7F2N3O2S/c10-6-2-1-3-7(11)9(6)17(15,16)14-8-4-5-12-13-8/h1-5H,(H2,12,13,14). The van der Waals surface area contributed by atoms with Crippen LogP contribution in [0.25, 0.3) is 0 Å². The van der Waals surface area contributed by atoms with E-state index in [9.17, 15) is 17.2 Å². The summed E-state index contributed by atoms with van der Waals surface area (Å²) in [5.74, 6) is -2.29. The lowest BCUT2D eigenvalue weighted by molar-refractivity contribution is 0.521. The lowest BCUT2D eigenvalue weighted by Gasteiger charge is -2.07. The molecule has 0 aliphatic heterocycles. The predicted octanol–water partition coefficient (Wildman–Crippen LogP) is 1.49. The number of nitrogens with zero attached hydrogens (tertiary/aromatic N) is 1. The lowest BCUT2D eigenvalue weighted by atomic mass is 10.3. The van der Waals surface area contributed by atoms with Crippen LogP contribution in [-0.4, -0.2) is 18.6 Å². The third kappa shape index (κ3) is 2.26. The number of anilines is 1. The maximum atomic E-state index is 13.3. The average Bonchev–Trinajstić information content (AvgIpc) is 2.68. The molecule has 2 rings (SSSR count). The van der Waals surface area contributed by atoms with Crippen molar-refractivity contribution >= 4 is 15.8 Å². The van der Waals surface area contributed by atoms with Crippen molar-refractivity contribution in [2.75, 3.05) is 4.72 Å². The highest BCUT2D eigenvalue weighted by molar-refractivity contribution is 7.92. The van der Waals surface area contributed by atoms with Crippen LogP contribution in [0.4, 0.5) is 14.6 Å². The molecule has 2 aromatic rings. The second-order valence-corrected chi connectivity index (χ2v) is 4.75. The Morgan fingerprint density at radius 2 is 1.82 bits per heavy atom. The normalized spacial score (nSPS) is 11.4. The molecular formula is C9H7F2N3O2S. The van der Waals surface area contributed by atoms with E-state index in [1.165, 1.54) is 12.3 Å². The quantitative estimate of drug-likeness (QED) is 0.876. The van der Waals surface area contributed by atoms with Gasteiger partial charge in [-0.2, -0.15) is 5.10 Å². The molecule has 0 radical (unpaired) electrons. The van der Waals surface area contributed by atoms with Crippen LogP contribution in [-0.2, 0) is 10.0 Å². The number of hydrogen-bond donors (Lipinski definition) is 2. The monoisotopic (exact) mass is 259 g/mol. The van der Waals surface area contributed by atoms with Crippen LogP contribution in [0.15, 0.2) is 35.4 Å². The fraction of sp³-hybridized carbons (Fsp3) is 0. The highest BCUT2D eigenvalue weighted by Gasteiger charge is 2.24. The number of hydrogen-bond acceptors (Lipinski definition) is 3. The van der Waals surface area contributed by atoms with E-state index in [2.05, 4.69) is 10.2 Å². The van der Waals surface area contributed by atoms with Crippen LogP contribution in [0, 0.1) is 11.6 Å². The van der Waals surface area contributed by atoms with Gasteiger partial charge in [-0.1, -0.05) is 6.07 Å². The van der Waals surface area contributed by atoms with E-state index < -0.39 is 26.6 Å². The molecule has 8 heteroatoms. The van der Waals surface area contributed by atoms with Gasteiger partial charge in [0.15, 0.2) is 4.90 Å². The van der Waals surface area contributed by atoms with E-state index in [4.69, 9.17) is 0 Å². The zero-order valence-corrected chi connectivity index (χ0v) is 9.13. The van der Waals surface area contributed by atoms with Gasteiger partial charge in [-0.15, -0.1) is 0 Å². The van der Waals surface area contributed by atoms with Crippen molar-refractivity contribution in [2.24, 2.45) is 0 Å². The summed E-state index contributed by atoms with van der Waals surface area (Å²) in [5, 5.41) is 5.82. The largest absolute Gasteiger partial charge is 0.268 e. The van der Waals surface area contributed by atoms with Crippen LogP contribution in [0.5, 0.6) is 0 Å². The summed E-state index contributed by atoms with van der Waals surface area (Å²) in [5.41, 5.74) is 0. The van der Waals surface area contributed by atoms with E-state index in [0.29, 0.717) is 0 Å². The Bertz CT molecular complexity index is 605. The topological polar surface area (TPSA) is 74.8 Å². The zero-order chi connectivity index (χ0) is 12.5. The molecule has 0 unspecified atom stereocenters. The SMILES string of the molecule is O=S(=O)(Nc1ccn[nH]1)c1c(F)cccc1F. The molecule has 1 heterocycles. The van der Waals surface area contributed by atoms with Gasteiger partial charge in [-0.25, -0.2) is 17.2 Å². The highest BCUT2D eigenvalue weighted by atomic mass is 32.2. The second-order valence-electron chi connectivity index (χ2n) is 3.13. The maximum Gasteiger partial charge on any atom is 0.268 e. The van der Waals surface area contributed by atoms with Crippen molar-refractivity contribution in [1.82, 2.24) is 10.2 Å². The van der Waals surface area contributed by atoms with Gasteiger partial charge in [-0.05, 0) is 12.1 Å². The summed E-state index contributed by atoms with van der Waals surface area (Å²) < 4.78 is 52.0. The van der Waals surface area contributed by atoms with Crippen molar-refractivity contribution in [3.05, 3.63) is 42.1 Å². The molecule has 0 saturated carbocycles. The smallest absolute Gasteiger partial charge is 0.264 e. The molecule has 5 nitrogen and oxygen atoms in total. The molecule has 90 valence electrons. The predicted molar refractivity (Wildman–Crippen MR) is 55.8 cm³/mol. The molecular weight excluding hydrogens is 252 g/mol. The fourth-order valence-electron chi connectivity index (χ4n) is 1.25. The molecule has 1 aromatic carbocycles. The molecule has 0 spiro atoms. The number of benzene rings is 1. The van der Waals surface area contributed by atoms with Gasteiger partial charge in [0.05, 0.1) is 6.20 Å². The molecule has 2 N–H and O–H groups in total. The third-order valence-corrected chi connectivity index (χ3v) is 3.35. The van der Waals surface area contributed by atoms with Gasteiger partial charge >= 0.3 is 0 Å². The van der Waals surface area contributed by atoms with Crippen molar-refractivity contribution in [3.63, 3.8) is 0 Å². The van der Waals surface area contributed by atoms with E-state index in [0.717, 1.165) is 18.2 Å². The number of H-pyrrole nitrogens is 1. The summed E-state index contributed by atoms with van der Waals surface area (Å²) in [6.45, 7) is 0. The molecule has 0 aliphatic rings. The first-order chi connectivity index (χ1) is 8.00. The van der Waals surface area contributed by atoms with Gasteiger partial charge < -0.3 is 0 Å². The van der Waals surface area contributed by atoms with Crippen molar-refractivity contribution in [2.45, 2.75) is 4.90 Å². The van der Waals surface area contributed by atoms with Crippen molar-refractivity contribution in [1.29, 1.82) is 0 Å². The van der Waals surface area contributed by atoms with Crippen LogP contribution in [0.1, 0.15) is 0 Å². The Balaban J connectivity index is 2.45. The van der Waals surface area contributed by atoms with Gasteiger partial charge in [0, 0.05) is 6.07 Å². The Kier molecular flexibility index (Phi) is 2.80. The van der Waals surface area contributed by atoms with Gasteiger partial charge in [0.1, 0.15) is 17.5 Å². The average molecular weight is 259 g/mol. The third-order valence-electron chi connectivity index (χ3n) is 1.93. The van der Waals surface area contributed by atoms with Crippen LogP contribution in [0.2, 0.25) is 0 Å².